The van der Waals surface area contributed by atoms with E-state index in [1.54, 1.807) is 17.9 Å². The number of benzene rings is 1. The molecule has 0 saturated carbocycles. The lowest BCUT2D eigenvalue weighted by molar-refractivity contribution is -0.123. The summed E-state index contributed by atoms with van der Waals surface area (Å²) >= 11 is 5.61. The van der Waals surface area contributed by atoms with Crippen LogP contribution in [-0.2, 0) is 18.0 Å². The Bertz CT molecular complexity index is 877. The minimum atomic E-state index is -0.263. The highest BCUT2D eigenvalue weighted by atomic mass is 32.1. The van der Waals surface area contributed by atoms with Gasteiger partial charge < -0.3 is 10.1 Å². The van der Waals surface area contributed by atoms with Crippen LogP contribution in [0.1, 0.15) is 20.8 Å². The molecule has 0 atom stereocenters. The van der Waals surface area contributed by atoms with Gasteiger partial charge in [0, 0.05) is 17.6 Å². The third-order valence-electron chi connectivity index (χ3n) is 3.89. The summed E-state index contributed by atoms with van der Waals surface area (Å²) in [6.07, 6.45) is 1.79. The molecule has 2 aromatic rings. The normalized spacial score (nSPS) is 11.5. The Balaban J connectivity index is 2.24. The second-order valence-electron chi connectivity index (χ2n) is 7.69. The van der Waals surface area contributed by atoms with Crippen molar-refractivity contribution >= 4 is 18.1 Å². The first-order valence-electron chi connectivity index (χ1n) is 9.07. The highest BCUT2D eigenvalue weighted by molar-refractivity contribution is 7.71. The van der Waals surface area contributed by atoms with Crippen LogP contribution in [0.2, 0.25) is 0 Å². The Morgan fingerprint density at radius 3 is 2.54 bits per heavy atom. The SMILES string of the molecule is C=CCn1c(-c2ccc(OC)cc2)nn(CN(C)CC(=O)NC(C)(C)C)c1=S. The van der Waals surface area contributed by atoms with Crippen LogP contribution in [0.15, 0.2) is 36.9 Å². The fourth-order valence-corrected chi connectivity index (χ4v) is 3.02. The number of allylic oxidation sites excluding steroid dienone is 1. The standard InChI is InChI=1S/C20H29N5O2S/c1-7-12-24-18(15-8-10-16(27-6)11-9-15)22-25(19(24)28)14-23(5)13-17(26)21-20(2,3)4/h7-11H,1,12-14H2,2-6H3,(H,21,26). The number of nitrogens with zero attached hydrogens (tertiary/aromatic N) is 4. The predicted octanol–water partition coefficient (Wildman–Crippen LogP) is 3.08. The van der Waals surface area contributed by atoms with E-state index >= 15 is 0 Å². The van der Waals surface area contributed by atoms with Crippen molar-refractivity contribution in [1.82, 2.24) is 24.6 Å². The smallest absolute Gasteiger partial charge is 0.234 e. The molecule has 0 spiro atoms. The summed E-state index contributed by atoms with van der Waals surface area (Å²) in [5.41, 5.74) is 0.669. The molecule has 0 fully saturated rings. The Morgan fingerprint density at radius 1 is 1.36 bits per heavy atom. The molecule has 152 valence electrons. The van der Waals surface area contributed by atoms with Crippen LogP contribution in [-0.4, -0.2) is 51.4 Å². The van der Waals surface area contributed by atoms with Gasteiger partial charge in [-0.05, 0) is 64.3 Å². The maximum Gasteiger partial charge on any atom is 0.234 e. The van der Waals surface area contributed by atoms with Gasteiger partial charge >= 0.3 is 0 Å². The number of carbonyl (C=O) groups excluding carboxylic acids is 1. The number of methoxy groups -OCH3 is 1. The summed E-state index contributed by atoms with van der Waals surface area (Å²) < 4.78 is 9.45. The molecule has 1 aromatic carbocycles. The van der Waals surface area contributed by atoms with E-state index < -0.39 is 0 Å². The van der Waals surface area contributed by atoms with Crippen molar-refractivity contribution in [2.75, 3.05) is 20.7 Å². The zero-order chi connectivity index (χ0) is 20.9. The minimum absolute atomic E-state index is 0.0394. The van der Waals surface area contributed by atoms with Gasteiger partial charge in [-0.15, -0.1) is 6.58 Å². The van der Waals surface area contributed by atoms with Crippen LogP contribution in [0.4, 0.5) is 0 Å². The van der Waals surface area contributed by atoms with Gasteiger partial charge in [0.2, 0.25) is 5.91 Å². The van der Waals surface area contributed by atoms with Crippen LogP contribution < -0.4 is 10.1 Å². The van der Waals surface area contributed by atoms with E-state index in [1.807, 2.05) is 61.6 Å². The first kappa shape index (κ1) is 21.8. The summed E-state index contributed by atoms with van der Waals surface area (Å²) in [7, 11) is 3.50. The van der Waals surface area contributed by atoms with Crippen molar-refractivity contribution in [2.24, 2.45) is 0 Å². The number of nitrogens with one attached hydrogen (secondary N) is 1. The van der Waals surface area contributed by atoms with Crippen LogP contribution in [0.3, 0.4) is 0 Å². The fourth-order valence-electron chi connectivity index (χ4n) is 2.76. The van der Waals surface area contributed by atoms with Crippen molar-refractivity contribution in [3.63, 3.8) is 0 Å². The van der Waals surface area contributed by atoms with Gasteiger partial charge in [0.25, 0.3) is 0 Å². The van der Waals surface area contributed by atoms with Crippen LogP contribution in [0.25, 0.3) is 11.4 Å². The highest BCUT2D eigenvalue weighted by Gasteiger charge is 2.17. The quantitative estimate of drug-likeness (QED) is 0.542. The molecule has 0 aliphatic heterocycles. The molecule has 0 aliphatic rings. The number of hydrogen-bond acceptors (Lipinski definition) is 5. The van der Waals surface area contributed by atoms with E-state index in [0.29, 0.717) is 18.0 Å². The average Bonchev–Trinajstić information content (AvgIpc) is 2.90. The third-order valence-corrected chi connectivity index (χ3v) is 4.32. The Morgan fingerprint density at radius 2 is 2.00 bits per heavy atom. The molecule has 0 saturated heterocycles. The molecule has 0 aliphatic carbocycles. The van der Waals surface area contributed by atoms with Crippen molar-refractivity contribution in [3.8, 4) is 17.1 Å². The lowest BCUT2D eigenvalue weighted by atomic mass is 10.1. The predicted molar refractivity (Wildman–Crippen MR) is 114 cm³/mol. The van der Waals surface area contributed by atoms with Gasteiger partial charge in [-0.25, -0.2) is 4.68 Å². The number of amides is 1. The summed E-state index contributed by atoms with van der Waals surface area (Å²) in [6, 6.07) is 7.66. The first-order valence-corrected chi connectivity index (χ1v) is 9.48. The van der Waals surface area contributed by atoms with Crippen molar-refractivity contribution in [3.05, 3.63) is 41.7 Å². The molecular formula is C20H29N5O2S. The minimum Gasteiger partial charge on any atom is -0.497 e. The van der Waals surface area contributed by atoms with E-state index in [2.05, 4.69) is 17.0 Å². The lowest BCUT2D eigenvalue weighted by Crippen LogP contribution is -2.45. The summed E-state index contributed by atoms with van der Waals surface area (Å²) in [4.78, 5) is 14.0. The zero-order valence-electron chi connectivity index (χ0n) is 17.2. The van der Waals surface area contributed by atoms with Gasteiger partial charge in [-0.3, -0.25) is 14.3 Å². The molecule has 0 unspecified atom stereocenters. The maximum atomic E-state index is 12.2. The van der Waals surface area contributed by atoms with Crippen molar-refractivity contribution in [2.45, 2.75) is 39.5 Å². The summed E-state index contributed by atoms with van der Waals surface area (Å²) in [5, 5.41) is 7.65. The largest absolute Gasteiger partial charge is 0.497 e. The second-order valence-corrected chi connectivity index (χ2v) is 8.05. The maximum absolute atomic E-state index is 12.2. The molecule has 1 heterocycles. The molecule has 0 bridgehead atoms. The van der Waals surface area contributed by atoms with Crippen LogP contribution in [0, 0.1) is 4.77 Å². The summed E-state index contributed by atoms with van der Waals surface area (Å²) in [5.74, 6) is 1.49. The summed E-state index contributed by atoms with van der Waals surface area (Å²) in [6.45, 7) is 10.9. The average molecular weight is 404 g/mol. The van der Waals surface area contributed by atoms with Gasteiger partial charge in [-0.2, -0.15) is 5.10 Å². The monoisotopic (exact) mass is 403 g/mol. The molecular weight excluding hydrogens is 374 g/mol. The number of ether oxygens (including phenoxy) is 1. The van der Waals surface area contributed by atoms with E-state index in [0.717, 1.165) is 17.1 Å². The fraction of sp³-hybridized carbons (Fsp3) is 0.450. The Labute approximate surface area is 171 Å². The molecule has 8 heteroatoms. The van der Waals surface area contributed by atoms with Gasteiger partial charge in [0.1, 0.15) is 5.75 Å². The van der Waals surface area contributed by atoms with E-state index in [4.69, 9.17) is 17.0 Å². The van der Waals surface area contributed by atoms with Crippen LogP contribution in [0.5, 0.6) is 5.75 Å². The van der Waals surface area contributed by atoms with Gasteiger partial charge in [0.05, 0.1) is 20.3 Å². The van der Waals surface area contributed by atoms with Crippen molar-refractivity contribution < 1.29 is 9.53 Å². The topological polar surface area (TPSA) is 64.3 Å². The highest BCUT2D eigenvalue weighted by Crippen LogP contribution is 2.22. The molecule has 28 heavy (non-hydrogen) atoms. The van der Waals surface area contributed by atoms with E-state index in [-0.39, 0.29) is 18.0 Å². The molecule has 7 nitrogen and oxygen atoms in total. The molecule has 1 N–H and O–H groups in total. The van der Waals surface area contributed by atoms with Gasteiger partial charge in [-0.1, -0.05) is 6.08 Å². The molecule has 1 aromatic heterocycles. The van der Waals surface area contributed by atoms with Gasteiger partial charge in [0.15, 0.2) is 10.6 Å². The van der Waals surface area contributed by atoms with Crippen molar-refractivity contribution in [1.29, 1.82) is 0 Å². The van der Waals surface area contributed by atoms with Crippen LogP contribution >= 0.6 is 12.2 Å². The second kappa shape index (κ2) is 9.16. The first-order chi connectivity index (χ1) is 13.1. The molecule has 2 rings (SSSR count). The lowest BCUT2D eigenvalue weighted by Gasteiger charge is -2.23. The molecule has 0 radical (unpaired) electrons. The Kier molecular flexibility index (Phi) is 7.15. The number of hydrogen-bond donors (Lipinski definition) is 1. The van der Waals surface area contributed by atoms with E-state index in [9.17, 15) is 4.79 Å². The molecule has 1 amide bonds. The number of aromatic nitrogens is 3. The Hall–Kier alpha value is -2.45. The number of likely N-dealkylation sites (N-methyl/N-ethyl adjacent to an activating group) is 1. The zero-order valence-corrected chi connectivity index (χ0v) is 18.0. The van der Waals surface area contributed by atoms with E-state index in [1.165, 1.54) is 0 Å². The number of rotatable bonds is 8. The third kappa shape index (κ3) is 5.77. The number of carbonyl (C=O) groups is 1.